The summed E-state index contributed by atoms with van der Waals surface area (Å²) >= 11 is 15.1. The summed E-state index contributed by atoms with van der Waals surface area (Å²) in [6.07, 6.45) is 1.48. The van der Waals surface area contributed by atoms with Crippen molar-refractivity contribution in [2.75, 3.05) is 22.1 Å². The lowest BCUT2D eigenvalue weighted by Gasteiger charge is -2.27. The number of anilines is 2. The Morgan fingerprint density at radius 2 is 1.77 bits per heavy atom. The Hall–Kier alpha value is -2.10. The molecule has 0 aliphatic carbocycles. The van der Waals surface area contributed by atoms with Crippen LogP contribution in [0, 0.1) is 0 Å². The van der Waals surface area contributed by atoms with Gasteiger partial charge in [-0.05, 0) is 41.5 Å². The number of ether oxygens (including phenoxy) is 1. The molecule has 1 aromatic heterocycles. The molecule has 1 amide bonds. The number of carbonyl (C=O) groups excluding carboxylic acids is 1. The van der Waals surface area contributed by atoms with Gasteiger partial charge in [0.1, 0.15) is 5.82 Å². The lowest BCUT2D eigenvalue weighted by Crippen LogP contribution is -2.20. The van der Waals surface area contributed by atoms with E-state index in [1.165, 1.54) is 6.20 Å². The highest BCUT2D eigenvalue weighted by Crippen LogP contribution is 2.40. The number of nitrogens with zero attached hydrogens (tertiary/aromatic N) is 2. The largest absolute Gasteiger partial charge is 0.490 e. The first-order chi connectivity index (χ1) is 14.7. The second-order valence-electron chi connectivity index (χ2n) is 7.26. The summed E-state index contributed by atoms with van der Waals surface area (Å²) < 4.78 is 6.49. The van der Waals surface area contributed by atoms with Crippen molar-refractivity contribution < 1.29 is 9.53 Å². The Kier molecular flexibility index (Phi) is 7.61. The molecule has 0 aliphatic rings. The maximum absolute atomic E-state index is 12.5. The van der Waals surface area contributed by atoms with Crippen molar-refractivity contribution in [2.24, 2.45) is 0 Å². The van der Waals surface area contributed by atoms with Crippen LogP contribution in [0.15, 0.2) is 48.7 Å². The third-order valence-electron chi connectivity index (χ3n) is 4.83. The normalized spacial score (nSPS) is 11.3. The number of rotatable bonds is 7. The van der Waals surface area contributed by atoms with Crippen LogP contribution in [0.5, 0.6) is 5.75 Å². The average Bonchev–Trinajstić information content (AvgIpc) is 2.73. The van der Waals surface area contributed by atoms with Crippen LogP contribution >= 0.6 is 45.8 Å². The zero-order valence-corrected chi connectivity index (χ0v) is 20.6. The molecule has 6 nitrogen and oxygen atoms in total. The van der Waals surface area contributed by atoms with Crippen LogP contribution < -0.4 is 15.8 Å². The first-order valence-electron chi connectivity index (χ1n) is 9.41. The summed E-state index contributed by atoms with van der Waals surface area (Å²) in [6, 6.07) is 12.7. The lowest BCUT2D eigenvalue weighted by atomic mass is 9.78. The van der Waals surface area contributed by atoms with Gasteiger partial charge in [-0.1, -0.05) is 71.8 Å². The summed E-state index contributed by atoms with van der Waals surface area (Å²) in [5, 5.41) is 3.65. The maximum atomic E-state index is 12.5. The van der Waals surface area contributed by atoms with Gasteiger partial charge in [0.25, 0.3) is 5.91 Å². The number of aromatic nitrogens is 2. The van der Waals surface area contributed by atoms with E-state index in [1.807, 2.05) is 24.3 Å². The molecule has 2 aromatic carbocycles. The van der Waals surface area contributed by atoms with Crippen LogP contribution in [0.4, 0.5) is 11.8 Å². The molecule has 0 spiro atoms. The molecule has 162 valence electrons. The summed E-state index contributed by atoms with van der Waals surface area (Å²) in [7, 11) is 0. The van der Waals surface area contributed by atoms with Gasteiger partial charge < -0.3 is 15.8 Å². The van der Waals surface area contributed by atoms with Gasteiger partial charge in [-0.2, -0.15) is 4.98 Å². The molecular weight excluding hydrogens is 550 g/mol. The lowest BCUT2D eigenvalue weighted by molar-refractivity contribution is 0.102. The van der Waals surface area contributed by atoms with Gasteiger partial charge >= 0.3 is 0 Å². The summed E-state index contributed by atoms with van der Waals surface area (Å²) in [6.45, 7) is 4.67. The first-order valence-corrected chi connectivity index (χ1v) is 11.7. The Balaban J connectivity index is 1.81. The van der Waals surface area contributed by atoms with E-state index in [0.29, 0.717) is 33.8 Å². The van der Waals surface area contributed by atoms with Crippen molar-refractivity contribution in [1.29, 1.82) is 0 Å². The van der Waals surface area contributed by atoms with E-state index in [9.17, 15) is 4.79 Å². The van der Waals surface area contributed by atoms with Gasteiger partial charge in [-0.25, -0.2) is 4.98 Å². The zero-order chi connectivity index (χ0) is 22.6. The molecule has 3 aromatic rings. The maximum Gasteiger partial charge on any atom is 0.256 e. The van der Waals surface area contributed by atoms with E-state index in [2.05, 4.69) is 51.7 Å². The monoisotopic (exact) mass is 570 g/mol. The number of hydrogen-bond donors (Lipinski definition) is 2. The molecule has 9 heteroatoms. The summed E-state index contributed by atoms with van der Waals surface area (Å²) in [5.41, 5.74) is 7.59. The molecule has 0 radical (unpaired) electrons. The van der Waals surface area contributed by atoms with E-state index in [0.717, 1.165) is 15.6 Å². The molecule has 0 bridgehead atoms. The third kappa shape index (κ3) is 5.58. The van der Waals surface area contributed by atoms with Gasteiger partial charge in [-0.3, -0.25) is 4.79 Å². The molecule has 1 heterocycles. The van der Waals surface area contributed by atoms with E-state index >= 15 is 0 Å². The number of nitrogens with two attached hydrogens (primary N) is 1. The molecule has 0 saturated carbocycles. The van der Waals surface area contributed by atoms with Gasteiger partial charge in [0.2, 0.25) is 5.95 Å². The van der Waals surface area contributed by atoms with E-state index in [-0.39, 0.29) is 11.9 Å². The number of nitrogens with one attached hydrogen (secondary N) is 1. The Morgan fingerprint density at radius 3 is 2.35 bits per heavy atom. The number of nitrogen functional groups attached to an aromatic ring is 1. The zero-order valence-electron chi connectivity index (χ0n) is 17.0. The molecule has 3 rings (SSSR count). The number of carbonyl (C=O) groups is 1. The number of amides is 1. The average molecular weight is 571 g/mol. The fraction of sp³-hybridized carbons (Fsp3) is 0.227. The number of hydrogen-bond acceptors (Lipinski definition) is 5. The number of alkyl halides is 1. The first kappa shape index (κ1) is 23.6. The number of halogens is 3. The second kappa shape index (κ2) is 10.0. The van der Waals surface area contributed by atoms with Crippen LogP contribution in [-0.2, 0) is 5.41 Å². The van der Waals surface area contributed by atoms with Crippen LogP contribution in [-0.4, -0.2) is 26.9 Å². The minimum atomic E-state index is -0.398. The van der Waals surface area contributed by atoms with Crippen molar-refractivity contribution in [1.82, 2.24) is 9.97 Å². The van der Waals surface area contributed by atoms with Crippen molar-refractivity contribution >= 4 is 63.5 Å². The molecule has 0 saturated heterocycles. The quantitative estimate of drug-likeness (QED) is 0.278. The fourth-order valence-electron chi connectivity index (χ4n) is 3.04. The van der Waals surface area contributed by atoms with Crippen LogP contribution in [0.1, 0.15) is 35.3 Å². The Bertz CT molecular complexity index is 1070. The van der Waals surface area contributed by atoms with Gasteiger partial charge in [0.15, 0.2) is 5.75 Å². The van der Waals surface area contributed by atoms with Crippen molar-refractivity contribution in [2.45, 2.75) is 19.3 Å². The van der Waals surface area contributed by atoms with Gasteiger partial charge in [0.05, 0.1) is 16.7 Å². The highest BCUT2D eigenvalue weighted by molar-refractivity contribution is 14.1. The topological polar surface area (TPSA) is 90.1 Å². The predicted octanol–water partition coefficient (Wildman–Crippen LogP) is 5.76. The van der Waals surface area contributed by atoms with Crippen molar-refractivity contribution in [3.8, 4) is 5.75 Å². The summed E-state index contributed by atoms with van der Waals surface area (Å²) in [4.78, 5) is 20.3. The standard InChI is InChI=1S/C22H21Cl2IN4O2/c1-22(2,15-11-16(23)19(17(24)12-15)31-10-8-25)14-5-3-13(4-6-14)20(30)28-18-7-9-27-21(26)29-18/h3-7,9,11-12H,8,10H2,1-2H3,(H3,26,27,28,29,30). The molecule has 0 atom stereocenters. The van der Waals surface area contributed by atoms with E-state index in [1.54, 1.807) is 18.2 Å². The van der Waals surface area contributed by atoms with Crippen molar-refractivity contribution in [3.05, 3.63) is 75.4 Å². The minimum absolute atomic E-state index is 0.0953. The molecule has 0 fully saturated rings. The Morgan fingerprint density at radius 1 is 1.13 bits per heavy atom. The highest BCUT2D eigenvalue weighted by atomic mass is 127. The molecular formula is C22H21Cl2IN4O2. The third-order valence-corrected chi connectivity index (χ3v) is 5.83. The van der Waals surface area contributed by atoms with Gasteiger partial charge in [0, 0.05) is 21.6 Å². The summed E-state index contributed by atoms with van der Waals surface area (Å²) in [5.74, 6) is 0.649. The van der Waals surface area contributed by atoms with Gasteiger partial charge in [-0.15, -0.1) is 0 Å². The fourth-order valence-corrected chi connectivity index (χ4v) is 3.85. The number of benzene rings is 2. The van der Waals surface area contributed by atoms with Crippen molar-refractivity contribution in [3.63, 3.8) is 0 Å². The molecule has 0 unspecified atom stereocenters. The molecule has 31 heavy (non-hydrogen) atoms. The van der Waals surface area contributed by atoms with E-state index in [4.69, 9.17) is 33.7 Å². The van der Waals surface area contributed by atoms with Crippen LogP contribution in [0.25, 0.3) is 0 Å². The smallest absolute Gasteiger partial charge is 0.256 e. The minimum Gasteiger partial charge on any atom is -0.490 e. The SMILES string of the molecule is CC(C)(c1ccc(C(=O)Nc2ccnc(N)n2)cc1)c1cc(Cl)c(OCCI)c(Cl)c1. The Labute approximate surface area is 204 Å². The predicted molar refractivity (Wildman–Crippen MR) is 134 cm³/mol. The molecule has 3 N–H and O–H groups in total. The molecule has 0 aliphatic heterocycles. The van der Waals surface area contributed by atoms with E-state index < -0.39 is 5.41 Å². The highest BCUT2D eigenvalue weighted by Gasteiger charge is 2.26. The van der Waals surface area contributed by atoms with Crippen LogP contribution in [0.2, 0.25) is 10.0 Å². The van der Waals surface area contributed by atoms with Crippen LogP contribution in [0.3, 0.4) is 0 Å². The second-order valence-corrected chi connectivity index (χ2v) is 9.16.